The van der Waals surface area contributed by atoms with Crippen molar-refractivity contribution >= 4 is 29.2 Å². The van der Waals surface area contributed by atoms with Gasteiger partial charge in [0.15, 0.2) is 5.75 Å². The normalized spacial score (nSPS) is 26.5. The SMILES string of the molecule is CCCCCCCC[C@H]1CC[C@H](C2CCC(C(=O)Oc3cnc(Cl)c(Cl)c3)CC2)CC1. The van der Waals surface area contributed by atoms with E-state index < -0.39 is 0 Å². The lowest BCUT2D eigenvalue weighted by Crippen LogP contribution is -2.30. The van der Waals surface area contributed by atoms with Crippen molar-refractivity contribution in [3.8, 4) is 5.75 Å². The van der Waals surface area contributed by atoms with Gasteiger partial charge < -0.3 is 4.74 Å². The lowest BCUT2D eigenvalue weighted by molar-refractivity contribution is -0.140. The zero-order valence-corrected chi connectivity index (χ0v) is 20.6. The molecule has 2 aliphatic rings. The molecule has 3 rings (SSSR count). The van der Waals surface area contributed by atoms with Gasteiger partial charge in [-0.1, -0.05) is 87.9 Å². The summed E-state index contributed by atoms with van der Waals surface area (Å²) < 4.78 is 5.51. The van der Waals surface area contributed by atoms with E-state index >= 15 is 0 Å². The Morgan fingerprint density at radius 2 is 1.55 bits per heavy atom. The van der Waals surface area contributed by atoms with E-state index in [1.807, 2.05) is 0 Å². The number of nitrogens with zero attached hydrogens (tertiary/aromatic N) is 1. The summed E-state index contributed by atoms with van der Waals surface area (Å²) in [6.07, 6.45) is 21.2. The molecule has 2 fully saturated rings. The number of rotatable bonds is 10. The van der Waals surface area contributed by atoms with Crippen LogP contribution in [-0.4, -0.2) is 11.0 Å². The van der Waals surface area contributed by atoms with Gasteiger partial charge in [-0.25, -0.2) is 4.98 Å². The monoisotopic (exact) mass is 467 g/mol. The fourth-order valence-corrected chi connectivity index (χ4v) is 5.91. The number of aromatic nitrogens is 1. The van der Waals surface area contributed by atoms with E-state index in [1.54, 1.807) is 6.07 Å². The summed E-state index contributed by atoms with van der Waals surface area (Å²) in [6, 6.07) is 1.56. The summed E-state index contributed by atoms with van der Waals surface area (Å²) in [4.78, 5) is 16.5. The van der Waals surface area contributed by atoms with Crippen molar-refractivity contribution in [3.05, 3.63) is 22.4 Å². The molecule has 3 nitrogen and oxygen atoms in total. The zero-order valence-electron chi connectivity index (χ0n) is 19.1. The molecule has 2 aliphatic carbocycles. The van der Waals surface area contributed by atoms with Gasteiger partial charge in [-0.05, 0) is 56.3 Å². The lowest BCUT2D eigenvalue weighted by atomic mass is 9.68. The maximum absolute atomic E-state index is 12.5. The molecule has 0 amide bonds. The van der Waals surface area contributed by atoms with Crippen molar-refractivity contribution in [1.29, 1.82) is 0 Å². The average Bonchev–Trinajstić information content (AvgIpc) is 2.79. The lowest BCUT2D eigenvalue weighted by Gasteiger charge is -2.37. The van der Waals surface area contributed by atoms with E-state index in [0.717, 1.165) is 43.4 Å². The quantitative estimate of drug-likeness (QED) is 0.196. The summed E-state index contributed by atoms with van der Waals surface area (Å²) in [5, 5.41) is 0.534. The Bertz CT molecular complexity index is 680. The Hall–Kier alpha value is -0.800. The topological polar surface area (TPSA) is 39.2 Å². The molecule has 0 unspecified atom stereocenters. The number of hydrogen-bond donors (Lipinski definition) is 0. The van der Waals surface area contributed by atoms with Crippen molar-refractivity contribution < 1.29 is 9.53 Å². The van der Waals surface area contributed by atoms with Crippen molar-refractivity contribution in [2.75, 3.05) is 0 Å². The summed E-state index contributed by atoms with van der Waals surface area (Å²) in [5.74, 6) is 2.86. The van der Waals surface area contributed by atoms with Crippen molar-refractivity contribution in [2.24, 2.45) is 23.7 Å². The number of hydrogen-bond acceptors (Lipinski definition) is 3. The van der Waals surface area contributed by atoms with Gasteiger partial charge in [0.2, 0.25) is 0 Å². The van der Waals surface area contributed by atoms with E-state index in [1.165, 1.54) is 76.8 Å². The highest BCUT2D eigenvalue weighted by Gasteiger charge is 2.33. The molecule has 1 aromatic rings. The number of carbonyl (C=O) groups excluding carboxylic acids is 1. The Morgan fingerprint density at radius 3 is 2.19 bits per heavy atom. The first-order valence-electron chi connectivity index (χ1n) is 12.6. The maximum Gasteiger partial charge on any atom is 0.314 e. The predicted molar refractivity (Wildman–Crippen MR) is 129 cm³/mol. The minimum Gasteiger partial charge on any atom is -0.425 e. The number of pyridine rings is 1. The Kier molecular flexibility index (Phi) is 10.4. The third-order valence-electron chi connectivity index (χ3n) is 7.62. The standard InChI is InChI=1S/C26H39Cl2NO2/c1-2-3-4-5-6-7-8-19-9-11-20(12-10-19)21-13-15-22(16-14-21)26(30)31-23-17-24(27)25(28)29-18-23/h17-22H,2-16H2,1H3/t19-,20-,21?,22?. The molecule has 0 radical (unpaired) electrons. The zero-order chi connectivity index (χ0) is 22.1. The van der Waals surface area contributed by atoms with Gasteiger partial charge in [-0.15, -0.1) is 0 Å². The van der Waals surface area contributed by atoms with E-state index in [0.29, 0.717) is 10.8 Å². The minimum atomic E-state index is -0.152. The second-order valence-corrected chi connectivity index (χ2v) is 10.6. The van der Waals surface area contributed by atoms with Gasteiger partial charge in [0, 0.05) is 6.07 Å². The van der Waals surface area contributed by atoms with Crippen LogP contribution in [0.2, 0.25) is 10.2 Å². The highest BCUT2D eigenvalue weighted by Crippen LogP contribution is 2.42. The Labute approximate surface area is 198 Å². The molecule has 0 bridgehead atoms. The van der Waals surface area contributed by atoms with E-state index in [-0.39, 0.29) is 17.0 Å². The molecule has 0 N–H and O–H groups in total. The molecule has 2 saturated carbocycles. The van der Waals surface area contributed by atoms with Crippen molar-refractivity contribution in [2.45, 2.75) is 103 Å². The number of halogens is 2. The van der Waals surface area contributed by atoms with E-state index in [2.05, 4.69) is 11.9 Å². The summed E-state index contributed by atoms with van der Waals surface area (Å²) >= 11 is 11.8. The largest absolute Gasteiger partial charge is 0.425 e. The van der Waals surface area contributed by atoms with Gasteiger partial charge in [-0.2, -0.15) is 0 Å². The van der Waals surface area contributed by atoms with Crippen LogP contribution in [0.15, 0.2) is 12.3 Å². The number of unbranched alkanes of at least 4 members (excludes halogenated alkanes) is 5. The predicted octanol–water partition coefficient (Wildman–Crippen LogP) is 8.66. The molecule has 31 heavy (non-hydrogen) atoms. The molecular weight excluding hydrogens is 429 g/mol. The van der Waals surface area contributed by atoms with Crippen LogP contribution in [0.5, 0.6) is 5.75 Å². The molecule has 174 valence electrons. The molecule has 0 atom stereocenters. The highest BCUT2D eigenvalue weighted by atomic mass is 35.5. The molecule has 0 spiro atoms. The van der Waals surface area contributed by atoms with Crippen LogP contribution >= 0.6 is 23.2 Å². The van der Waals surface area contributed by atoms with Crippen LogP contribution in [0.25, 0.3) is 0 Å². The number of ether oxygens (including phenoxy) is 1. The van der Waals surface area contributed by atoms with Gasteiger partial charge in [0.1, 0.15) is 5.15 Å². The van der Waals surface area contributed by atoms with Gasteiger partial charge >= 0.3 is 5.97 Å². The number of carbonyl (C=O) groups is 1. The van der Waals surface area contributed by atoms with Crippen LogP contribution in [-0.2, 0) is 4.79 Å². The average molecular weight is 469 g/mol. The molecule has 0 aromatic carbocycles. The Balaban J connectivity index is 1.32. The highest BCUT2D eigenvalue weighted by molar-refractivity contribution is 6.41. The van der Waals surface area contributed by atoms with Crippen LogP contribution in [0.1, 0.15) is 103 Å². The van der Waals surface area contributed by atoms with Gasteiger partial charge in [-0.3, -0.25) is 4.79 Å². The summed E-state index contributed by atoms with van der Waals surface area (Å²) in [6.45, 7) is 2.28. The molecule has 5 heteroatoms. The second kappa shape index (κ2) is 13.0. The van der Waals surface area contributed by atoms with E-state index in [9.17, 15) is 4.79 Å². The first-order valence-corrected chi connectivity index (χ1v) is 13.3. The van der Waals surface area contributed by atoms with Crippen LogP contribution in [0, 0.1) is 23.7 Å². The number of esters is 1. The molecule has 1 aromatic heterocycles. The van der Waals surface area contributed by atoms with Crippen LogP contribution in [0.3, 0.4) is 0 Å². The minimum absolute atomic E-state index is 0.00486. The Morgan fingerprint density at radius 1 is 0.935 bits per heavy atom. The van der Waals surface area contributed by atoms with Gasteiger partial charge in [0.05, 0.1) is 17.1 Å². The first kappa shape index (κ1) is 24.8. The van der Waals surface area contributed by atoms with Crippen molar-refractivity contribution in [1.82, 2.24) is 4.98 Å². The first-order chi connectivity index (χ1) is 15.1. The third-order valence-corrected chi connectivity index (χ3v) is 8.30. The second-order valence-electron chi connectivity index (χ2n) is 9.81. The molecule has 1 heterocycles. The maximum atomic E-state index is 12.5. The van der Waals surface area contributed by atoms with Gasteiger partial charge in [0.25, 0.3) is 0 Å². The third kappa shape index (κ3) is 7.93. The fourth-order valence-electron chi connectivity index (χ4n) is 5.65. The summed E-state index contributed by atoms with van der Waals surface area (Å²) in [5.41, 5.74) is 0. The summed E-state index contributed by atoms with van der Waals surface area (Å²) in [7, 11) is 0. The van der Waals surface area contributed by atoms with Crippen molar-refractivity contribution in [3.63, 3.8) is 0 Å². The molecule has 0 aliphatic heterocycles. The molecular formula is C26H39Cl2NO2. The smallest absolute Gasteiger partial charge is 0.314 e. The van der Waals surface area contributed by atoms with E-state index in [4.69, 9.17) is 27.9 Å². The van der Waals surface area contributed by atoms with Crippen LogP contribution < -0.4 is 4.74 Å². The molecule has 0 saturated heterocycles. The fraction of sp³-hybridized carbons (Fsp3) is 0.769. The van der Waals surface area contributed by atoms with Crippen LogP contribution in [0.4, 0.5) is 0 Å².